The van der Waals surface area contributed by atoms with Crippen molar-refractivity contribution < 1.29 is 29.0 Å². The van der Waals surface area contributed by atoms with E-state index in [1.165, 1.54) is 0 Å². The van der Waals surface area contributed by atoms with Gasteiger partial charge in [-0.05, 0) is 58.1 Å². The van der Waals surface area contributed by atoms with Crippen molar-refractivity contribution in [1.29, 1.82) is 0 Å². The fourth-order valence-electron chi connectivity index (χ4n) is 3.90. The first kappa shape index (κ1) is 23.5. The van der Waals surface area contributed by atoms with Crippen LogP contribution in [-0.4, -0.2) is 79.8 Å². The highest BCUT2D eigenvalue weighted by atomic mass is 16.6. The number of anilines is 1. The van der Waals surface area contributed by atoms with E-state index in [0.717, 1.165) is 24.4 Å². The number of piperidine rings is 1. The van der Waals surface area contributed by atoms with E-state index in [1.54, 1.807) is 4.90 Å². The molecule has 2 amide bonds. The maximum atomic E-state index is 12.5. The van der Waals surface area contributed by atoms with Crippen LogP contribution >= 0.6 is 0 Å². The number of hydrogen-bond acceptors (Lipinski definition) is 6. The first-order chi connectivity index (χ1) is 14.3. The van der Waals surface area contributed by atoms with Crippen molar-refractivity contribution in [3.8, 4) is 5.75 Å². The van der Waals surface area contributed by atoms with E-state index in [4.69, 9.17) is 19.4 Å². The molecule has 0 aromatic heterocycles. The average Bonchev–Trinajstić information content (AvgIpc) is 2.98. The molecule has 1 spiro atoms. The van der Waals surface area contributed by atoms with E-state index < -0.39 is 5.41 Å². The second kappa shape index (κ2) is 10.8. The van der Waals surface area contributed by atoms with Crippen LogP contribution in [0.1, 0.15) is 26.2 Å². The Morgan fingerprint density at radius 2 is 1.93 bits per heavy atom. The molecule has 1 atom stereocenters. The maximum absolute atomic E-state index is 12.5. The molecule has 9 heteroatoms. The zero-order chi connectivity index (χ0) is 22.1. The molecule has 2 heterocycles. The Hall–Kier alpha value is -2.81. The molecule has 1 unspecified atom stereocenters. The van der Waals surface area contributed by atoms with Gasteiger partial charge < -0.3 is 29.7 Å². The Kier molecular flexibility index (Phi) is 8.46. The van der Waals surface area contributed by atoms with Gasteiger partial charge in [-0.25, -0.2) is 4.79 Å². The standard InChI is InChI=1S/C20H29N3O4.CH2O2/c1-4-26-16-7-5-15(6-8-16)21-19(25)23-11-9-20(10-12-23)13-17(14-22(2)3)27-18(20)24;2-1-3/h5-8,17H,4,9-14H2,1-3H3,(H,21,25);1H,(H,2,3). The molecule has 1 aromatic rings. The van der Waals surface area contributed by atoms with Crippen molar-refractivity contribution in [2.45, 2.75) is 32.3 Å². The van der Waals surface area contributed by atoms with Crippen LogP contribution in [0.4, 0.5) is 10.5 Å². The van der Waals surface area contributed by atoms with Crippen LogP contribution in [-0.2, 0) is 14.3 Å². The van der Waals surface area contributed by atoms with Gasteiger partial charge in [-0.15, -0.1) is 0 Å². The third-order valence-electron chi connectivity index (χ3n) is 5.32. The van der Waals surface area contributed by atoms with Gasteiger partial charge in [0.1, 0.15) is 11.9 Å². The normalized spacial score (nSPS) is 19.7. The zero-order valence-corrected chi connectivity index (χ0v) is 17.8. The van der Waals surface area contributed by atoms with Gasteiger partial charge >= 0.3 is 12.0 Å². The number of hydrogen-bond donors (Lipinski definition) is 2. The van der Waals surface area contributed by atoms with E-state index >= 15 is 0 Å². The van der Waals surface area contributed by atoms with Gasteiger partial charge in [0.25, 0.3) is 6.47 Å². The summed E-state index contributed by atoms with van der Waals surface area (Å²) in [6.45, 7) is 4.16. The molecular weight excluding hydrogens is 390 g/mol. The van der Waals surface area contributed by atoms with Crippen molar-refractivity contribution in [3.63, 3.8) is 0 Å². The second-order valence-corrected chi connectivity index (χ2v) is 7.75. The zero-order valence-electron chi connectivity index (χ0n) is 17.8. The summed E-state index contributed by atoms with van der Waals surface area (Å²) in [5.41, 5.74) is 0.311. The number of likely N-dealkylation sites (tertiary alicyclic amines) is 1. The summed E-state index contributed by atoms with van der Waals surface area (Å²) in [4.78, 5) is 37.1. The molecule has 0 bridgehead atoms. The fraction of sp³-hybridized carbons (Fsp3) is 0.571. The van der Waals surface area contributed by atoms with Crippen molar-refractivity contribution in [2.75, 3.05) is 45.7 Å². The van der Waals surface area contributed by atoms with Crippen LogP contribution in [0.2, 0.25) is 0 Å². The Bertz CT molecular complexity index is 714. The number of carbonyl (C=O) groups is 3. The summed E-state index contributed by atoms with van der Waals surface area (Å²) in [6.07, 6.45) is 2.02. The number of urea groups is 1. The fourth-order valence-corrected chi connectivity index (χ4v) is 3.90. The van der Waals surface area contributed by atoms with Crippen LogP contribution in [0.5, 0.6) is 5.75 Å². The maximum Gasteiger partial charge on any atom is 0.321 e. The molecule has 9 nitrogen and oxygen atoms in total. The molecule has 2 fully saturated rings. The Morgan fingerprint density at radius 1 is 1.33 bits per heavy atom. The summed E-state index contributed by atoms with van der Waals surface area (Å²) >= 11 is 0. The number of likely N-dealkylation sites (N-methyl/N-ethyl adjacent to an activating group) is 1. The third-order valence-corrected chi connectivity index (χ3v) is 5.32. The number of cyclic esters (lactones) is 1. The van der Waals surface area contributed by atoms with Crippen LogP contribution in [0, 0.1) is 5.41 Å². The molecule has 1 aromatic carbocycles. The van der Waals surface area contributed by atoms with Gasteiger partial charge in [-0.1, -0.05) is 0 Å². The van der Waals surface area contributed by atoms with Gasteiger partial charge in [-0.2, -0.15) is 0 Å². The van der Waals surface area contributed by atoms with Crippen LogP contribution in [0.25, 0.3) is 0 Å². The SMILES string of the molecule is CCOc1ccc(NC(=O)N2CCC3(CC2)CC(CN(C)C)OC3=O)cc1.O=CO. The van der Waals surface area contributed by atoms with Crippen molar-refractivity contribution in [2.24, 2.45) is 5.41 Å². The first-order valence-electron chi connectivity index (χ1n) is 10.1. The van der Waals surface area contributed by atoms with Crippen LogP contribution in [0.15, 0.2) is 24.3 Å². The summed E-state index contributed by atoms with van der Waals surface area (Å²) in [6, 6.07) is 7.20. The lowest BCUT2D eigenvalue weighted by Crippen LogP contribution is -2.46. The molecule has 30 heavy (non-hydrogen) atoms. The quantitative estimate of drug-likeness (QED) is 0.555. The Balaban J connectivity index is 0.00000101. The molecule has 2 aliphatic rings. The summed E-state index contributed by atoms with van der Waals surface area (Å²) in [7, 11) is 3.96. The number of ether oxygens (including phenoxy) is 2. The van der Waals surface area contributed by atoms with Gasteiger partial charge in [0, 0.05) is 31.7 Å². The predicted molar refractivity (Wildman–Crippen MR) is 112 cm³/mol. The number of nitrogens with zero attached hydrogens (tertiary/aromatic N) is 2. The molecule has 0 saturated carbocycles. The van der Waals surface area contributed by atoms with Crippen molar-refractivity contribution in [1.82, 2.24) is 9.80 Å². The average molecular weight is 421 g/mol. The molecule has 166 valence electrons. The smallest absolute Gasteiger partial charge is 0.321 e. The molecule has 2 saturated heterocycles. The summed E-state index contributed by atoms with van der Waals surface area (Å²) < 4.78 is 11.0. The highest BCUT2D eigenvalue weighted by Crippen LogP contribution is 2.43. The molecule has 0 aliphatic carbocycles. The van der Waals surface area contributed by atoms with Crippen molar-refractivity contribution in [3.05, 3.63) is 24.3 Å². The first-order valence-corrected chi connectivity index (χ1v) is 10.1. The molecule has 3 rings (SSSR count). The lowest BCUT2D eigenvalue weighted by molar-refractivity contribution is -0.150. The van der Waals surface area contributed by atoms with E-state index in [9.17, 15) is 9.59 Å². The minimum Gasteiger partial charge on any atom is -0.494 e. The minimum absolute atomic E-state index is 0.0447. The number of amides is 2. The number of nitrogens with one attached hydrogen (secondary N) is 1. The number of carbonyl (C=O) groups excluding carboxylic acids is 2. The second-order valence-electron chi connectivity index (χ2n) is 7.75. The lowest BCUT2D eigenvalue weighted by atomic mass is 9.76. The molecule has 2 N–H and O–H groups in total. The Morgan fingerprint density at radius 3 is 2.47 bits per heavy atom. The number of benzene rings is 1. The molecule has 2 aliphatic heterocycles. The number of carboxylic acid groups (broad SMARTS) is 1. The van der Waals surface area contributed by atoms with Gasteiger partial charge in [0.15, 0.2) is 0 Å². The van der Waals surface area contributed by atoms with E-state index in [0.29, 0.717) is 32.5 Å². The number of rotatable bonds is 5. The highest BCUT2D eigenvalue weighted by Gasteiger charge is 2.50. The van der Waals surface area contributed by atoms with Crippen LogP contribution in [0.3, 0.4) is 0 Å². The van der Waals surface area contributed by atoms with E-state index in [1.807, 2.05) is 50.2 Å². The largest absolute Gasteiger partial charge is 0.494 e. The van der Waals surface area contributed by atoms with E-state index in [2.05, 4.69) is 5.32 Å². The molecular formula is C21H31N3O6. The van der Waals surface area contributed by atoms with Crippen molar-refractivity contribution >= 4 is 24.2 Å². The Labute approximate surface area is 176 Å². The highest BCUT2D eigenvalue weighted by molar-refractivity contribution is 5.89. The van der Waals surface area contributed by atoms with Gasteiger partial charge in [0.2, 0.25) is 0 Å². The monoisotopic (exact) mass is 421 g/mol. The summed E-state index contributed by atoms with van der Waals surface area (Å²) in [5.74, 6) is 0.684. The molecule has 0 radical (unpaired) electrons. The van der Waals surface area contributed by atoms with E-state index in [-0.39, 0.29) is 24.6 Å². The summed E-state index contributed by atoms with van der Waals surface area (Å²) in [5, 5.41) is 9.80. The van der Waals surface area contributed by atoms with Crippen LogP contribution < -0.4 is 10.1 Å². The van der Waals surface area contributed by atoms with Gasteiger partial charge in [0.05, 0.1) is 12.0 Å². The lowest BCUT2D eigenvalue weighted by Gasteiger charge is -2.36. The predicted octanol–water partition coefficient (Wildman–Crippen LogP) is 2.28. The number of esters is 1. The van der Waals surface area contributed by atoms with Gasteiger partial charge in [-0.3, -0.25) is 9.59 Å². The third kappa shape index (κ3) is 6.09. The minimum atomic E-state index is -0.420. The topological polar surface area (TPSA) is 108 Å².